The summed E-state index contributed by atoms with van der Waals surface area (Å²) in [6.07, 6.45) is 3.89. The maximum atomic E-state index is 6.07. The Kier molecular flexibility index (Phi) is 6.73. The van der Waals surface area contributed by atoms with Crippen LogP contribution in [-0.2, 0) is 0 Å². The SMILES string of the molecule is COc1ccc(-n2cccc2[C@@H]2[C@@H](c3ccccn3)NC(=S)N2c2ccc(Oc3ccc(C)cc3)cc2)cc1. The number of hydrogen-bond donors (Lipinski definition) is 1. The van der Waals surface area contributed by atoms with Crippen molar-refractivity contribution in [2.45, 2.75) is 19.0 Å². The van der Waals surface area contributed by atoms with E-state index in [0.717, 1.165) is 40.0 Å². The largest absolute Gasteiger partial charge is 0.497 e. The normalized spacial score (nSPS) is 16.7. The lowest BCUT2D eigenvalue weighted by atomic mass is 10.0. The van der Waals surface area contributed by atoms with Gasteiger partial charge in [0.05, 0.1) is 18.8 Å². The van der Waals surface area contributed by atoms with Crippen LogP contribution < -0.4 is 19.7 Å². The van der Waals surface area contributed by atoms with Crippen LogP contribution in [-0.4, -0.2) is 21.8 Å². The van der Waals surface area contributed by atoms with Crippen molar-refractivity contribution < 1.29 is 9.47 Å². The monoisotopic (exact) mass is 532 g/mol. The van der Waals surface area contributed by atoms with Gasteiger partial charge in [0.2, 0.25) is 0 Å². The van der Waals surface area contributed by atoms with Gasteiger partial charge in [-0.05, 0) is 104 Å². The number of nitrogens with one attached hydrogen (secondary N) is 1. The lowest BCUT2D eigenvalue weighted by Gasteiger charge is -2.29. The van der Waals surface area contributed by atoms with Gasteiger partial charge in [0, 0.05) is 29.5 Å². The molecule has 7 heteroatoms. The second kappa shape index (κ2) is 10.6. The number of ether oxygens (including phenoxy) is 2. The van der Waals surface area contributed by atoms with E-state index in [0.29, 0.717) is 5.11 Å². The van der Waals surface area contributed by atoms with Gasteiger partial charge < -0.3 is 24.3 Å². The minimum absolute atomic E-state index is 0.144. The van der Waals surface area contributed by atoms with E-state index in [-0.39, 0.29) is 12.1 Å². The molecule has 194 valence electrons. The van der Waals surface area contributed by atoms with Crippen molar-refractivity contribution in [1.29, 1.82) is 0 Å². The van der Waals surface area contributed by atoms with Gasteiger partial charge >= 0.3 is 0 Å². The highest BCUT2D eigenvalue weighted by molar-refractivity contribution is 7.80. The van der Waals surface area contributed by atoms with E-state index >= 15 is 0 Å². The minimum atomic E-state index is -0.145. The molecule has 0 spiro atoms. The number of methoxy groups -OCH3 is 1. The average Bonchev–Trinajstić information content (AvgIpc) is 3.59. The van der Waals surface area contributed by atoms with Crippen LogP contribution in [0.3, 0.4) is 0 Å². The number of thiocarbonyl (C=S) groups is 1. The van der Waals surface area contributed by atoms with E-state index in [1.54, 1.807) is 7.11 Å². The van der Waals surface area contributed by atoms with Crippen molar-refractivity contribution in [2.24, 2.45) is 0 Å². The zero-order chi connectivity index (χ0) is 26.8. The molecular weight excluding hydrogens is 504 g/mol. The van der Waals surface area contributed by atoms with Crippen LogP contribution in [0.4, 0.5) is 5.69 Å². The Bertz CT molecular complexity index is 1570. The number of anilines is 1. The van der Waals surface area contributed by atoms with Gasteiger partial charge in [0.15, 0.2) is 5.11 Å². The summed E-state index contributed by atoms with van der Waals surface area (Å²) < 4.78 is 13.6. The summed E-state index contributed by atoms with van der Waals surface area (Å²) in [5.41, 5.74) is 5.21. The zero-order valence-electron chi connectivity index (χ0n) is 21.7. The third-order valence-electron chi connectivity index (χ3n) is 6.90. The maximum Gasteiger partial charge on any atom is 0.174 e. The standard InChI is InChI=1S/C32H28N4O2S/c1-22-8-14-26(15-9-22)38-27-18-12-24(13-19-27)36-31(30(34-32(36)39)28-6-3-4-20-33-28)29-7-5-21-35(29)23-10-16-25(37-2)17-11-23/h3-21,30-31H,1-2H3,(H,34,39)/t30-,31-/m1/s1. The van der Waals surface area contributed by atoms with E-state index in [1.807, 2.05) is 85.1 Å². The van der Waals surface area contributed by atoms with Crippen molar-refractivity contribution in [2.75, 3.05) is 12.0 Å². The van der Waals surface area contributed by atoms with Gasteiger partial charge in [-0.2, -0.15) is 0 Å². The summed E-state index contributed by atoms with van der Waals surface area (Å²) in [4.78, 5) is 6.85. The number of benzene rings is 3. The summed E-state index contributed by atoms with van der Waals surface area (Å²) in [6.45, 7) is 2.06. The van der Waals surface area contributed by atoms with Crippen LogP contribution in [0.2, 0.25) is 0 Å². The molecule has 0 saturated carbocycles. The van der Waals surface area contributed by atoms with Crippen molar-refractivity contribution in [3.63, 3.8) is 0 Å². The predicted octanol–water partition coefficient (Wildman–Crippen LogP) is 7.16. The molecular formula is C32H28N4O2S. The Labute approximate surface area is 233 Å². The summed E-state index contributed by atoms with van der Waals surface area (Å²) in [6, 6.07) is 34.0. The Morgan fingerprint density at radius 2 is 1.44 bits per heavy atom. The van der Waals surface area contributed by atoms with Gasteiger partial charge in [0.1, 0.15) is 23.3 Å². The molecule has 39 heavy (non-hydrogen) atoms. The highest BCUT2D eigenvalue weighted by Crippen LogP contribution is 2.42. The molecule has 0 unspecified atom stereocenters. The Morgan fingerprint density at radius 3 is 2.10 bits per heavy atom. The second-order valence-corrected chi connectivity index (χ2v) is 9.79. The van der Waals surface area contributed by atoms with E-state index in [9.17, 15) is 0 Å². The van der Waals surface area contributed by atoms with Crippen LogP contribution in [0, 0.1) is 6.92 Å². The molecule has 6 nitrogen and oxygen atoms in total. The fraction of sp³-hybridized carbons (Fsp3) is 0.125. The first kappa shape index (κ1) is 24.7. The van der Waals surface area contributed by atoms with Gasteiger partial charge in [-0.25, -0.2) is 0 Å². The maximum absolute atomic E-state index is 6.07. The number of hydrogen-bond acceptors (Lipinski definition) is 4. The first-order chi connectivity index (χ1) is 19.1. The Hall–Kier alpha value is -4.62. The molecule has 0 aliphatic carbocycles. The van der Waals surface area contributed by atoms with Crippen LogP contribution in [0.5, 0.6) is 17.2 Å². The molecule has 6 rings (SSSR count). The van der Waals surface area contributed by atoms with Gasteiger partial charge in [0.25, 0.3) is 0 Å². The fourth-order valence-electron chi connectivity index (χ4n) is 4.96. The molecule has 1 fully saturated rings. The Balaban J connectivity index is 1.38. The molecule has 0 bridgehead atoms. The van der Waals surface area contributed by atoms with E-state index in [1.165, 1.54) is 5.56 Å². The first-order valence-electron chi connectivity index (χ1n) is 12.8. The predicted molar refractivity (Wildman–Crippen MR) is 158 cm³/mol. The third kappa shape index (κ3) is 4.96. The molecule has 3 aromatic carbocycles. The molecule has 0 amide bonds. The summed E-state index contributed by atoms with van der Waals surface area (Å²) in [5, 5.41) is 4.19. The minimum Gasteiger partial charge on any atom is -0.497 e. The van der Waals surface area contributed by atoms with Crippen LogP contribution in [0.15, 0.2) is 116 Å². The summed E-state index contributed by atoms with van der Waals surface area (Å²) in [7, 11) is 1.67. The molecule has 2 atom stereocenters. The average molecular weight is 533 g/mol. The van der Waals surface area contributed by atoms with E-state index < -0.39 is 0 Å². The van der Waals surface area contributed by atoms with Crippen LogP contribution in [0.25, 0.3) is 5.69 Å². The fourth-order valence-corrected chi connectivity index (χ4v) is 5.31. The topological polar surface area (TPSA) is 51.5 Å². The molecule has 1 N–H and O–H groups in total. The van der Waals surface area contributed by atoms with Crippen molar-refractivity contribution in [3.05, 3.63) is 132 Å². The molecule has 0 radical (unpaired) electrons. The highest BCUT2D eigenvalue weighted by Gasteiger charge is 2.42. The van der Waals surface area contributed by atoms with Crippen LogP contribution in [0.1, 0.15) is 29.0 Å². The smallest absolute Gasteiger partial charge is 0.174 e. The van der Waals surface area contributed by atoms with E-state index in [2.05, 4.69) is 57.2 Å². The number of pyridine rings is 1. The number of nitrogens with zero attached hydrogens (tertiary/aromatic N) is 3. The summed E-state index contributed by atoms with van der Waals surface area (Å²) in [5.74, 6) is 2.38. The van der Waals surface area contributed by atoms with Gasteiger partial charge in [-0.15, -0.1) is 0 Å². The van der Waals surface area contributed by atoms with E-state index in [4.69, 9.17) is 21.7 Å². The Morgan fingerprint density at radius 1 is 0.769 bits per heavy atom. The van der Waals surface area contributed by atoms with Crippen LogP contribution >= 0.6 is 12.2 Å². The summed E-state index contributed by atoms with van der Waals surface area (Å²) >= 11 is 5.92. The van der Waals surface area contributed by atoms with Crippen molar-refractivity contribution in [1.82, 2.24) is 14.9 Å². The third-order valence-corrected chi connectivity index (χ3v) is 7.22. The second-order valence-electron chi connectivity index (χ2n) is 9.41. The zero-order valence-corrected chi connectivity index (χ0v) is 22.5. The molecule has 5 aromatic rings. The number of aryl methyl sites for hydroxylation is 1. The van der Waals surface area contributed by atoms with Crippen molar-refractivity contribution >= 4 is 23.0 Å². The molecule has 1 aliphatic rings. The van der Waals surface area contributed by atoms with Crippen molar-refractivity contribution in [3.8, 4) is 22.9 Å². The lowest BCUT2D eigenvalue weighted by Crippen LogP contribution is -2.30. The number of aromatic nitrogens is 2. The van der Waals surface area contributed by atoms with Gasteiger partial charge in [-0.1, -0.05) is 23.8 Å². The molecule has 2 aromatic heterocycles. The first-order valence-corrected chi connectivity index (χ1v) is 13.2. The lowest BCUT2D eigenvalue weighted by molar-refractivity contribution is 0.414. The quantitative estimate of drug-likeness (QED) is 0.225. The van der Waals surface area contributed by atoms with Gasteiger partial charge in [-0.3, -0.25) is 4.98 Å². The number of rotatable bonds is 7. The molecule has 1 saturated heterocycles. The molecule has 3 heterocycles. The highest BCUT2D eigenvalue weighted by atomic mass is 32.1. The molecule has 1 aliphatic heterocycles.